The van der Waals surface area contributed by atoms with E-state index in [0.29, 0.717) is 5.56 Å². The van der Waals surface area contributed by atoms with Gasteiger partial charge in [-0.25, -0.2) is 8.78 Å². The van der Waals surface area contributed by atoms with Crippen LogP contribution in [0, 0.1) is 21.1 Å². The minimum absolute atomic E-state index is 0.0160. The first kappa shape index (κ1) is 11.8. The van der Waals surface area contributed by atoms with Crippen LogP contribution >= 0.6 is 22.6 Å². The van der Waals surface area contributed by atoms with Crippen LogP contribution in [0.5, 0.6) is 0 Å². The van der Waals surface area contributed by atoms with Crippen molar-refractivity contribution in [3.63, 3.8) is 0 Å². The van der Waals surface area contributed by atoms with E-state index in [9.17, 15) is 8.78 Å². The summed E-state index contributed by atoms with van der Waals surface area (Å²) in [5, 5.41) is 0. The molecule has 0 aliphatic carbocycles. The SMILES string of the molecule is CC(C)[C@@H](N)c1cc(F)c(I)c(F)c1. The Morgan fingerprint density at radius 3 is 2.00 bits per heavy atom. The summed E-state index contributed by atoms with van der Waals surface area (Å²) in [6.07, 6.45) is 0. The van der Waals surface area contributed by atoms with E-state index in [-0.39, 0.29) is 15.5 Å². The van der Waals surface area contributed by atoms with Crippen LogP contribution in [-0.2, 0) is 0 Å². The van der Waals surface area contributed by atoms with Gasteiger partial charge in [-0.3, -0.25) is 0 Å². The van der Waals surface area contributed by atoms with Gasteiger partial charge in [0.25, 0.3) is 0 Å². The summed E-state index contributed by atoms with van der Waals surface area (Å²) in [6.45, 7) is 3.83. The lowest BCUT2D eigenvalue weighted by Gasteiger charge is -2.16. The number of hydrogen-bond acceptors (Lipinski definition) is 1. The Morgan fingerprint density at radius 1 is 1.21 bits per heavy atom. The average molecular weight is 311 g/mol. The minimum Gasteiger partial charge on any atom is -0.324 e. The fraction of sp³-hybridized carbons (Fsp3) is 0.400. The van der Waals surface area contributed by atoms with Crippen LogP contribution in [0.3, 0.4) is 0 Å². The van der Waals surface area contributed by atoms with Crippen LogP contribution in [0.15, 0.2) is 12.1 Å². The third kappa shape index (κ3) is 2.42. The highest BCUT2D eigenvalue weighted by atomic mass is 127. The molecule has 1 rings (SSSR count). The van der Waals surface area contributed by atoms with Crippen molar-refractivity contribution in [3.8, 4) is 0 Å². The highest BCUT2D eigenvalue weighted by molar-refractivity contribution is 14.1. The van der Waals surface area contributed by atoms with E-state index in [2.05, 4.69) is 0 Å². The van der Waals surface area contributed by atoms with E-state index < -0.39 is 11.6 Å². The quantitative estimate of drug-likeness (QED) is 0.659. The molecule has 1 aromatic rings. The molecule has 1 atom stereocenters. The standard InChI is InChI=1S/C10H12F2IN/c1-5(2)10(14)6-3-7(11)9(13)8(12)4-6/h3-5,10H,14H2,1-2H3/t10-/m1/s1. The van der Waals surface area contributed by atoms with Gasteiger partial charge in [0.05, 0.1) is 3.57 Å². The van der Waals surface area contributed by atoms with Crippen LogP contribution in [0.25, 0.3) is 0 Å². The topological polar surface area (TPSA) is 26.0 Å². The predicted molar refractivity (Wildman–Crippen MR) is 60.8 cm³/mol. The lowest BCUT2D eigenvalue weighted by molar-refractivity contribution is 0.500. The van der Waals surface area contributed by atoms with Crippen LogP contribution < -0.4 is 5.73 Å². The first-order valence-electron chi connectivity index (χ1n) is 4.33. The molecule has 1 nitrogen and oxygen atoms in total. The van der Waals surface area contributed by atoms with Crippen LogP contribution in [0.4, 0.5) is 8.78 Å². The zero-order valence-electron chi connectivity index (χ0n) is 8.02. The van der Waals surface area contributed by atoms with E-state index in [1.807, 2.05) is 13.8 Å². The normalized spacial score (nSPS) is 13.4. The predicted octanol–water partition coefficient (Wildman–Crippen LogP) is 3.23. The summed E-state index contributed by atoms with van der Waals surface area (Å²) in [4.78, 5) is 0. The molecule has 1 aromatic carbocycles. The Bertz CT molecular complexity index is 316. The Kier molecular flexibility index (Phi) is 3.83. The van der Waals surface area contributed by atoms with Crippen molar-refractivity contribution >= 4 is 22.6 Å². The van der Waals surface area contributed by atoms with Gasteiger partial charge in [-0.2, -0.15) is 0 Å². The molecular formula is C10H12F2IN. The van der Waals surface area contributed by atoms with Gasteiger partial charge in [0.1, 0.15) is 11.6 Å². The smallest absolute Gasteiger partial charge is 0.139 e. The minimum atomic E-state index is -0.545. The van der Waals surface area contributed by atoms with Gasteiger partial charge in [0.2, 0.25) is 0 Å². The van der Waals surface area contributed by atoms with Crippen molar-refractivity contribution < 1.29 is 8.78 Å². The molecule has 0 heterocycles. The Hall–Kier alpha value is -0.230. The molecule has 4 heteroatoms. The molecule has 0 aliphatic rings. The summed E-state index contributed by atoms with van der Waals surface area (Å²) in [6, 6.07) is 2.28. The molecule has 0 saturated heterocycles. The molecule has 0 saturated carbocycles. The van der Waals surface area contributed by atoms with Crippen LogP contribution in [0.1, 0.15) is 25.5 Å². The maximum Gasteiger partial charge on any atom is 0.139 e. The molecular weight excluding hydrogens is 299 g/mol. The third-order valence-electron chi connectivity index (χ3n) is 2.11. The first-order chi connectivity index (χ1) is 6.43. The van der Waals surface area contributed by atoms with Gasteiger partial charge in [-0.05, 0) is 46.2 Å². The number of halogens is 3. The molecule has 2 N–H and O–H groups in total. The zero-order valence-corrected chi connectivity index (χ0v) is 10.2. The largest absolute Gasteiger partial charge is 0.324 e. The first-order valence-corrected chi connectivity index (χ1v) is 5.41. The third-order valence-corrected chi connectivity index (χ3v) is 3.14. The molecule has 0 radical (unpaired) electrons. The second-order valence-corrected chi connectivity index (χ2v) is 4.65. The van der Waals surface area contributed by atoms with E-state index in [1.54, 1.807) is 22.6 Å². The molecule has 0 aromatic heterocycles. The van der Waals surface area contributed by atoms with E-state index >= 15 is 0 Å². The molecule has 78 valence electrons. The monoisotopic (exact) mass is 311 g/mol. The number of nitrogens with two attached hydrogens (primary N) is 1. The summed E-state index contributed by atoms with van der Waals surface area (Å²) >= 11 is 1.64. The lowest BCUT2D eigenvalue weighted by atomic mass is 9.97. The van der Waals surface area contributed by atoms with Crippen molar-refractivity contribution in [1.29, 1.82) is 0 Å². The average Bonchev–Trinajstić information content (AvgIpc) is 2.12. The molecule has 0 amide bonds. The fourth-order valence-electron chi connectivity index (χ4n) is 1.15. The molecule has 0 aliphatic heterocycles. The summed E-state index contributed by atoms with van der Waals surface area (Å²) in [7, 11) is 0. The van der Waals surface area contributed by atoms with Gasteiger partial charge >= 0.3 is 0 Å². The number of rotatable bonds is 2. The van der Waals surface area contributed by atoms with E-state index in [0.717, 1.165) is 0 Å². The zero-order chi connectivity index (χ0) is 10.9. The van der Waals surface area contributed by atoms with E-state index in [4.69, 9.17) is 5.73 Å². The maximum absolute atomic E-state index is 13.2. The van der Waals surface area contributed by atoms with Gasteiger partial charge in [0.15, 0.2) is 0 Å². The highest BCUT2D eigenvalue weighted by Gasteiger charge is 2.15. The van der Waals surface area contributed by atoms with Crippen molar-refractivity contribution in [2.75, 3.05) is 0 Å². The Morgan fingerprint density at radius 2 is 1.64 bits per heavy atom. The van der Waals surface area contributed by atoms with Crippen molar-refractivity contribution in [1.82, 2.24) is 0 Å². The van der Waals surface area contributed by atoms with Gasteiger partial charge in [-0.15, -0.1) is 0 Å². The second-order valence-electron chi connectivity index (χ2n) is 3.57. The summed E-state index contributed by atoms with van der Waals surface area (Å²) < 4.78 is 26.3. The van der Waals surface area contributed by atoms with Gasteiger partial charge in [0, 0.05) is 6.04 Å². The second kappa shape index (κ2) is 4.53. The lowest BCUT2D eigenvalue weighted by Crippen LogP contribution is -2.17. The van der Waals surface area contributed by atoms with Crippen molar-refractivity contribution in [2.24, 2.45) is 11.7 Å². The van der Waals surface area contributed by atoms with E-state index in [1.165, 1.54) is 12.1 Å². The molecule has 0 fully saturated rings. The van der Waals surface area contributed by atoms with Gasteiger partial charge in [-0.1, -0.05) is 13.8 Å². The van der Waals surface area contributed by atoms with Crippen molar-refractivity contribution in [2.45, 2.75) is 19.9 Å². The maximum atomic E-state index is 13.2. The van der Waals surface area contributed by atoms with Crippen LogP contribution in [-0.4, -0.2) is 0 Å². The molecule has 0 bridgehead atoms. The fourth-order valence-corrected chi connectivity index (χ4v) is 1.46. The number of benzene rings is 1. The van der Waals surface area contributed by atoms with Gasteiger partial charge < -0.3 is 5.73 Å². The summed E-state index contributed by atoms with van der Waals surface area (Å²) in [5.41, 5.74) is 6.30. The molecule has 0 spiro atoms. The molecule has 0 unspecified atom stereocenters. The van der Waals surface area contributed by atoms with Crippen LogP contribution in [0.2, 0.25) is 0 Å². The Labute approximate surface area is 95.8 Å². The number of hydrogen-bond donors (Lipinski definition) is 1. The summed E-state index contributed by atoms with van der Waals surface area (Å²) in [5.74, 6) is -0.928. The molecule has 14 heavy (non-hydrogen) atoms. The van der Waals surface area contributed by atoms with Crippen molar-refractivity contribution in [3.05, 3.63) is 32.9 Å². The Balaban J connectivity index is 3.12. The highest BCUT2D eigenvalue weighted by Crippen LogP contribution is 2.24.